The number of aromatic amines is 1. The van der Waals surface area contributed by atoms with E-state index in [9.17, 15) is 9.59 Å². The van der Waals surface area contributed by atoms with Crippen molar-refractivity contribution < 1.29 is 9.59 Å². The zero-order valence-corrected chi connectivity index (χ0v) is 23.3. The molecule has 6 rings (SSSR count). The molecule has 2 aliphatic rings. The molecule has 3 aromatic heterocycles. The van der Waals surface area contributed by atoms with Gasteiger partial charge in [0.1, 0.15) is 5.52 Å². The molecule has 12 nitrogen and oxygen atoms in total. The number of nitrogens with zero attached hydrogens (tertiary/aromatic N) is 6. The fourth-order valence-electron chi connectivity index (χ4n) is 4.50. The van der Waals surface area contributed by atoms with Crippen molar-refractivity contribution in [1.29, 1.82) is 0 Å². The van der Waals surface area contributed by atoms with Crippen LogP contribution in [0.15, 0.2) is 52.6 Å². The van der Waals surface area contributed by atoms with Gasteiger partial charge in [0, 0.05) is 54.4 Å². The van der Waals surface area contributed by atoms with Crippen molar-refractivity contribution in [1.82, 2.24) is 34.6 Å². The number of hydrogen-bond donors (Lipinski definition) is 4. The maximum absolute atomic E-state index is 12.8. The summed E-state index contributed by atoms with van der Waals surface area (Å²) in [5.74, 6) is 1.37. The number of anilines is 4. The van der Waals surface area contributed by atoms with Gasteiger partial charge >= 0.3 is 0 Å². The van der Waals surface area contributed by atoms with Crippen LogP contribution >= 0.6 is 11.8 Å². The summed E-state index contributed by atoms with van der Waals surface area (Å²) >= 11 is 1.40. The molecule has 2 fully saturated rings. The normalized spacial score (nSPS) is 16.2. The average Bonchev–Trinajstić information content (AvgIpc) is 3.59. The van der Waals surface area contributed by atoms with Gasteiger partial charge in [-0.3, -0.25) is 19.6 Å². The predicted molar refractivity (Wildman–Crippen MR) is 154 cm³/mol. The first-order valence-electron chi connectivity index (χ1n) is 13.4. The van der Waals surface area contributed by atoms with Crippen LogP contribution in [0.3, 0.4) is 0 Å². The number of fused-ring (bicyclic) bond motifs is 1. The summed E-state index contributed by atoms with van der Waals surface area (Å²) < 4.78 is 1.72. The molecule has 1 saturated carbocycles. The van der Waals surface area contributed by atoms with E-state index in [1.807, 2.05) is 43.3 Å². The molecular weight excluding hydrogens is 528 g/mol. The summed E-state index contributed by atoms with van der Waals surface area (Å²) in [5.41, 5.74) is 3.05. The van der Waals surface area contributed by atoms with Gasteiger partial charge in [-0.05, 0) is 68.9 Å². The van der Waals surface area contributed by atoms with E-state index >= 15 is 0 Å². The molecule has 4 N–H and O–H groups in total. The Balaban J connectivity index is 1.20. The van der Waals surface area contributed by atoms with Crippen LogP contribution in [-0.2, 0) is 9.59 Å². The number of piperazine rings is 1. The summed E-state index contributed by atoms with van der Waals surface area (Å²) in [6.45, 7) is 5.94. The van der Waals surface area contributed by atoms with Crippen molar-refractivity contribution >= 4 is 52.1 Å². The summed E-state index contributed by atoms with van der Waals surface area (Å²) in [5, 5.41) is 21.7. The van der Waals surface area contributed by atoms with E-state index < -0.39 is 0 Å². The van der Waals surface area contributed by atoms with Gasteiger partial charge in [0.25, 0.3) is 0 Å². The van der Waals surface area contributed by atoms with Gasteiger partial charge in [-0.1, -0.05) is 0 Å². The molecule has 1 aliphatic heterocycles. The van der Waals surface area contributed by atoms with E-state index in [1.54, 1.807) is 10.7 Å². The van der Waals surface area contributed by atoms with Gasteiger partial charge in [0.05, 0.1) is 18.4 Å². The largest absolute Gasteiger partial charge is 0.326 e. The second-order valence-corrected chi connectivity index (χ2v) is 11.4. The Bertz CT molecular complexity index is 1520. The number of aryl methyl sites for hydroxylation is 1. The van der Waals surface area contributed by atoms with E-state index in [-0.39, 0.29) is 17.7 Å². The highest BCUT2D eigenvalue weighted by atomic mass is 32.2. The van der Waals surface area contributed by atoms with Crippen molar-refractivity contribution in [2.24, 2.45) is 5.92 Å². The van der Waals surface area contributed by atoms with Crippen molar-refractivity contribution in [3.63, 3.8) is 0 Å². The minimum Gasteiger partial charge on any atom is -0.326 e. The van der Waals surface area contributed by atoms with E-state index in [4.69, 9.17) is 10.1 Å². The van der Waals surface area contributed by atoms with Crippen LogP contribution in [0.4, 0.5) is 23.0 Å². The molecule has 40 heavy (non-hydrogen) atoms. The summed E-state index contributed by atoms with van der Waals surface area (Å²) in [7, 11) is 2.10. The maximum Gasteiger partial charge on any atom is 0.238 e. The Labute approximate surface area is 235 Å². The molecule has 0 spiro atoms. The molecular formula is C27H32N10O2S. The number of benzene rings is 1. The summed E-state index contributed by atoms with van der Waals surface area (Å²) in [4.78, 5) is 35.0. The third-order valence-electron chi connectivity index (χ3n) is 6.92. The summed E-state index contributed by atoms with van der Waals surface area (Å²) in [6.07, 6.45) is 3.73. The Kier molecular flexibility index (Phi) is 7.41. The molecule has 0 bridgehead atoms. The lowest BCUT2D eigenvalue weighted by molar-refractivity contribution is -0.118. The molecule has 4 heterocycles. The monoisotopic (exact) mass is 560 g/mol. The lowest BCUT2D eigenvalue weighted by Gasteiger charge is -2.31. The average molecular weight is 561 g/mol. The standard InChI is InChI=1S/C27H32N10O2S/c1-17-13-23(33-32-17)30-25-22-14-20(28-24(38)16-36-11-9-35(2)10-12-36)15-37(22)34-27(31-25)40-21-7-5-19(6-8-21)29-26(39)18-3-4-18/h5-8,13-15,18H,3-4,9-12,16H2,1-2H3,(H,28,38)(H,29,39)(H2,30,31,32,33,34). The lowest BCUT2D eigenvalue weighted by atomic mass is 10.3. The number of likely N-dealkylation sites (N-methyl/N-ethyl adjacent to an activating group) is 1. The van der Waals surface area contributed by atoms with Crippen molar-refractivity contribution in [3.8, 4) is 0 Å². The van der Waals surface area contributed by atoms with Crippen molar-refractivity contribution in [2.75, 3.05) is 55.7 Å². The maximum atomic E-state index is 12.8. The molecule has 0 atom stereocenters. The first kappa shape index (κ1) is 26.3. The Morgan fingerprint density at radius 2 is 1.82 bits per heavy atom. The highest BCUT2D eigenvalue weighted by Gasteiger charge is 2.29. The van der Waals surface area contributed by atoms with E-state index in [2.05, 4.69) is 43.0 Å². The predicted octanol–water partition coefficient (Wildman–Crippen LogP) is 3.19. The highest BCUT2D eigenvalue weighted by molar-refractivity contribution is 7.99. The minimum atomic E-state index is -0.0608. The number of carbonyl (C=O) groups excluding carboxylic acids is 2. The molecule has 0 radical (unpaired) electrons. The van der Waals surface area contributed by atoms with Crippen LogP contribution in [-0.4, -0.2) is 86.2 Å². The fraction of sp³-hybridized carbons (Fsp3) is 0.370. The molecule has 1 aromatic carbocycles. The van der Waals surface area contributed by atoms with Gasteiger partial charge in [0.15, 0.2) is 11.6 Å². The second-order valence-electron chi connectivity index (χ2n) is 10.4. The molecule has 4 aromatic rings. The third kappa shape index (κ3) is 6.43. The number of H-pyrrole nitrogens is 1. The molecule has 2 amide bonds. The summed E-state index contributed by atoms with van der Waals surface area (Å²) in [6, 6.07) is 11.4. The molecule has 208 valence electrons. The van der Waals surface area contributed by atoms with Gasteiger partial charge in [0.2, 0.25) is 17.0 Å². The van der Waals surface area contributed by atoms with E-state index in [1.165, 1.54) is 11.8 Å². The number of carbonyl (C=O) groups is 2. The Morgan fingerprint density at radius 1 is 1.05 bits per heavy atom. The van der Waals surface area contributed by atoms with E-state index in [0.29, 0.717) is 34.5 Å². The fourth-order valence-corrected chi connectivity index (χ4v) is 5.25. The Hall–Kier alpha value is -3.94. The van der Waals surface area contributed by atoms with Gasteiger partial charge < -0.3 is 20.9 Å². The molecule has 13 heteroatoms. The van der Waals surface area contributed by atoms with Gasteiger partial charge in [-0.25, -0.2) is 9.50 Å². The Morgan fingerprint density at radius 3 is 2.52 bits per heavy atom. The number of rotatable bonds is 9. The second kappa shape index (κ2) is 11.3. The third-order valence-corrected chi connectivity index (χ3v) is 7.79. The smallest absolute Gasteiger partial charge is 0.238 e. The van der Waals surface area contributed by atoms with E-state index in [0.717, 1.165) is 55.3 Å². The van der Waals surface area contributed by atoms with Crippen LogP contribution in [0.1, 0.15) is 18.5 Å². The number of nitrogens with one attached hydrogen (secondary N) is 4. The molecule has 1 aliphatic carbocycles. The number of amides is 2. The van der Waals surface area contributed by atoms with Crippen LogP contribution in [0.5, 0.6) is 0 Å². The molecule has 1 saturated heterocycles. The highest BCUT2D eigenvalue weighted by Crippen LogP contribution is 2.32. The zero-order chi connectivity index (χ0) is 27.6. The van der Waals surface area contributed by atoms with Crippen molar-refractivity contribution in [3.05, 3.63) is 48.3 Å². The first-order valence-corrected chi connectivity index (χ1v) is 14.2. The number of aromatic nitrogens is 5. The zero-order valence-electron chi connectivity index (χ0n) is 22.5. The van der Waals surface area contributed by atoms with Crippen LogP contribution in [0.2, 0.25) is 0 Å². The number of hydrogen-bond acceptors (Lipinski definition) is 9. The lowest BCUT2D eigenvalue weighted by Crippen LogP contribution is -2.47. The first-order chi connectivity index (χ1) is 19.4. The minimum absolute atomic E-state index is 0.0608. The molecule has 0 unspecified atom stereocenters. The van der Waals surface area contributed by atoms with Crippen molar-refractivity contribution in [2.45, 2.75) is 29.8 Å². The van der Waals surface area contributed by atoms with Gasteiger partial charge in [-0.15, -0.1) is 5.10 Å². The SMILES string of the molecule is Cc1cc(Nc2nc(Sc3ccc(NC(=O)C4CC4)cc3)nn3cc(NC(=O)CN4CCN(C)CC4)cc23)n[nH]1. The van der Waals surface area contributed by atoms with Crippen LogP contribution in [0, 0.1) is 12.8 Å². The van der Waals surface area contributed by atoms with Crippen LogP contribution < -0.4 is 16.0 Å². The van der Waals surface area contributed by atoms with Gasteiger partial charge in [-0.2, -0.15) is 5.10 Å². The quantitative estimate of drug-likeness (QED) is 0.243. The topological polar surface area (TPSA) is 136 Å². The van der Waals surface area contributed by atoms with Crippen LogP contribution in [0.25, 0.3) is 5.52 Å².